The number of methoxy groups -OCH3 is 1. The first kappa shape index (κ1) is 13.1. The Balaban J connectivity index is 2.47. The highest BCUT2D eigenvalue weighted by atomic mass is 35.5. The van der Waals surface area contributed by atoms with Crippen molar-refractivity contribution in [2.24, 2.45) is 5.73 Å². The first-order chi connectivity index (χ1) is 7.13. The van der Waals surface area contributed by atoms with Crippen LogP contribution in [0.15, 0.2) is 23.1 Å². The molecule has 0 aliphatic heterocycles. The lowest BCUT2D eigenvalue weighted by Crippen LogP contribution is -2.28. The first-order valence-electron chi connectivity index (χ1n) is 4.46. The van der Waals surface area contributed by atoms with E-state index in [1.807, 2.05) is 12.1 Å². The maximum absolute atomic E-state index is 5.89. The average Bonchev–Trinajstić information content (AvgIpc) is 2.20. The molecule has 1 aromatic rings. The third kappa shape index (κ3) is 4.62. The predicted octanol–water partition coefficient (Wildman–Crippen LogP) is 3.06. The average molecular weight is 266 g/mol. The van der Waals surface area contributed by atoms with E-state index >= 15 is 0 Å². The fourth-order valence-electron chi connectivity index (χ4n) is 1.03. The van der Waals surface area contributed by atoms with Gasteiger partial charge in [-0.2, -0.15) is 0 Å². The van der Waals surface area contributed by atoms with Gasteiger partial charge in [0.1, 0.15) is 0 Å². The van der Waals surface area contributed by atoms with Gasteiger partial charge in [0.2, 0.25) is 0 Å². The van der Waals surface area contributed by atoms with E-state index in [9.17, 15) is 0 Å². The molecule has 0 amide bonds. The summed E-state index contributed by atoms with van der Waals surface area (Å²) in [7, 11) is 1.64. The van der Waals surface area contributed by atoms with Gasteiger partial charge in [0.05, 0.1) is 16.7 Å². The molecule has 0 spiro atoms. The van der Waals surface area contributed by atoms with E-state index in [1.54, 1.807) is 24.9 Å². The molecule has 0 fully saturated rings. The van der Waals surface area contributed by atoms with E-state index in [0.29, 0.717) is 16.7 Å². The zero-order valence-electron chi connectivity index (χ0n) is 8.37. The largest absolute Gasteiger partial charge is 0.383 e. The smallest absolute Gasteiger partial charge is 0.0621 e. The van der Waals surface area contributed by atoms with Gasteiger partial charge in [-0.05, 0) is 18.2 Å². The second kappa shape index (κ2) is 6.61. The summed E-state index contributed by atoms with van der Waals surface area (Å²) in [5.41, 5.74) is 5.80. The monoisotopic (exact) mass is 265 g/mol. The van der Waals surface area contributed by atoms with Gasteiger partial charge in [0.15, 0.2) is 0 Å². The van der Waals surface area contributed by atoms with Gasteiger partial charge in [-0.1, -0.05) is 23.2 Å². The minimum absolute atomic E-state index is 0.0365. The van der Waals surface area contributed by atoms with Crippen LogP contribution in [-0.4, -0.2) is 25.5 Å². The van der Waals surface area contributed by atoms with E-state index in [0.717, 1.165) is 10.6 Å². The third-order valence-corrected chi connectivity index (χ3v) is 3.66. The first-order valence-corrected chi connectivity index (χ1v) is 6.20. The third-order valence-electron chi connectivity index (χ3n) is 1.74. The van der Waals surface area contributed by atoms with E-state index in [-0.39, 0.29) is 6.04 Å². The summed E-state index contributed by atoms with van der Waals surface area (Å²) < 4.78 is 4.95. The van der Waals surface area contributed by atoms with Gasteiger partial charge < -0.3 is 10.5 Å². The van der Waals surface area contributed by atoms with Gasteiger partial charge in [-0.15, -0.1) is 11.8 Å². The lowest BCUT2D eigenvalue weighted by molar-refractivity contribution is 0.186. The minimum atomic E-state index is 0.0365. The van der Waals surface area contributed by atoms with Crippen LogP contribution in [0.5, 0.6) is 0 Å². The summed E-state index contributed by atoms with van der Waals surface area (Å²) in [5.74, 6) is 0.797. The highest BCUT2D eigenvalue weighted by Crippen LogP contribution is 2.28. The number of hydrogen-bond acceptors (Lipinski definition) is 3. The topological polar surface area (TPSA) is 35.2 Å². The van der Waals surface area contributed by atoms with Gasteiger partial charge in [-0.3, -0.25) is 0 Å². The molecule has 15 heavy (non-hydrogen) atoms. The molecule has 2 N–H and O–H groups in total. The summed E-state index contributed by atoms with van der Waals surface area (Å²) in [6, 6.07) is 5.59. The summed E-state index contributed by atoms with van der Waals surface area (Å²) >= 11 is 13.3. The lowest BCUT2D eigenvalue weighted by Gasteiger charge is -2.09. The van der Waals surface area contributed by atoms with Crippen molar-refractivity contribution in [2.45, 2.75) is 10.9 Å². The van der Waals surface area contributed by atoms with Crippen molar-refractivity contribution in [2.75, 3.05) is 19.5 Å². The molecule has 0 radical (unpaired) electrons. The molecule has 0 saturated carbocycles. The van der Waals surface area contributed by atoms with Crippen LogP contribution in [0.1, 0.15) is 0 Å². The van der Waals surface area contributed by atoms with Crippen LogP contribution in [0.2, 0.25) is 10.0 Å². The molecule has 1 aromatic carbocycles. The van der Waals surface area contributed by atoms with Crippen molar-refractivity contribution < 1.29 is 4.74 Å². The van der Waals surface area contributed by atoms with Gasteiger partial charge >= 0.3 is 0 Å². The zero-order valence-corrected chi connectivity index (χ0v) is 10.7. The van der Waals surface area contributed by atoms with E-state index in [2.05, 4.69) is 0 Å². The second-order valence-corrected chi connectivity index (χ2v) is 5.01. The van der Waals surface area contributed by atoms with Crippen molar-refractivity contribution in [3.63, 3.8) is 0 Å². The summed E-state index contributed by atoms with van der Waals surface area (Å²) in [4.78, 5) is 1.07. The summed E-state index contributed by atoms with van der Waals surface area (Å²) in [6.45, 7) is 0.564. The van der Waals surface area contributed by atoms with Crippen LogP contribution < -0.4 is 5.73 Å². The number of ether oxygens (including phenoxy) is 1. The molecule has 0 saturated heterocycles. The highest BCUT2D eigenvalue weighted by molar-refractivity contribution is 7.99. The number of halogens is 2. The Bertz CT molecular complexity index is 322. The van der Waals surface area contributed by atoms with Crippen molar-refractivity contribution in [3.8, 4) is 0 Å². The van der Waals surface area contributed by atoms with Crippen LogP contribution in [0.3, 0.4) is 0 Å². The minimum Gasteiger partial charge on any atom is -0.383 e. The molecular formula is C10H13Cl2NOS. The van der Waals surface area contributed by atoms with E-state index < -0.39 is 0 Å². The van der Waals surface area contributed by atoms with Crippen LogP contribution in [-0.2, 0) is 4.74 Å². The Morgan fingerprint density at radius 3 is 2.73 bits per heavy atom. The van der Waals surface area contributed by atoms with Crippen LogP contribution in [0.4, 0.5) is 0 Å². The number of hydrogen-bond donors (Lipinski definition) is 1. The molecule has 1 rings (SSSR count). The van der Waals surface area contributed by atoms with E-state index in [1.165, 1.54) is 0 Å². The van der Waals surface area contributed by atoms with E-state index in [4.69, 9.17) is 33.7 Å². The van der Waals surface area contributed by atoms with Crippen molar-refractivity contribution in [3.05, 3.63) is 28.2 Å². The summed E-state index contributed by atoms with van der Waals surface area (Å²) in [5, 5.41) is 1.14. The molecule has 0 heterocycles. The molecule has 1 atom stereocenters. The van der Waals surface area contributed by atoms with Crippen LogP contribution in [0, 0.1) is 0 Å². The van der Waals surface area contributed by atoms with Crippen LogP contribution >= 0.6 is 35.0 Å². The molecule has 0 aliphatic rings. The Morgan fingerprint density at radius 2 is 2.13 bits per heavy atom. The second-order valence-electron chi connectivity index (χ2n) is 3.10. The van der Waals surface area contributed by atoms with Gasteiger partial charge in [-0.25, -0.2) is 0 Å². The molecule has 0 bridgehead atoms. The predicted molar refractivity (Wildman–Crippen MR) is 67.0 cm³/mol. The molecule has 1 unspecified atom stereocenters. The molecular weight excluding hydrogens is 253 g/mol. The molecule has 0 aromatic heterocycles. The fourth-order valence-corrected chi connectivity index (χ4v) is 2.26. The lowest BCUT2D eigenvalue weighted by atomic mass is 10.4. The molecule has 5 heteroatoms. The number of nitrogens with two attached hydrogens (primary N) is 1. The molecule has 84 valence electrons. The zero-order chi connectivity index (χ0) is 11.3. The maximum atomic E-state index is 5.89. The quantitative estimate of drug-likeness (QED) is 0.832. The normalized spacial score (nSPS) is 12.8. The number of thioether (sulfide) groups is 1. The SMILES string of the molecule is COCC(N)CSc1ccc(Cl)c(Cl)c1. The number of benzene rings is 1. The standard InChI is InChI=1S/C10H13Cl2NOS/c1-14-5-7(13)6-15-8-2-3-9(11)10(12)4-8/h2-4,7H,5-6,13H2,1H3. The van der Waals surface area contributed by atoms with Crippen molar-refractivity contribution >= 4 is 35.0 Å². The Labute approximate surface area is 104 Å². The number of rotatable bonds is 5. The van der Waals surface area contributed by atoms with Gasteiger partial charge in [0.25, 0.3) is 0 Å². The Kier molecular flexibility index (Phi) is 5.79. The highest BCUT2D eigenvalue weighted by Gasteiger charge is 2.04. The fraction of sp³-hybridized carbons (Fsp3) is 0.400. The summed E-state index contributed by atoms with van der Waals surface area (Å²) in [6.07, 6.45) is 0. The van der Waals surface area contributed by atoms with Crippen molar-refractivity contribution in [1.82, 2.24) is 0 Å². The van der Waals surface area contributed by atoms with Crippen molar-refractivity contribution in [1.29, 1.82) is 0 Å². The maximum Gasteiger partial charge on any atom is 0.0621 e. The van der Waals surface area contributed by atoms with Gasteiger partial charge in [0, 0.05) is 23.8 Å². The Morgan fingerprint density at radius 1 is 1.40 bits per heavy atom. The van der Waals surface area contributed by atoms with Crippen LogP contribution in [0.25, 0.3) is 0 Å². The Hall–Kier alpha value is 0.0700. The molecule has 2 nitrogen and oxygen atoms in total. The molecule has 0 aliphatic carbocycles.